The number of amides is 1. The third-order valence-corrected chi connectivity index (χ3v) is 5.95. The standard InChI is InChI=1S/C22H28N4O2/c1-15-24-14-19(17-8-10-23-11-9-17)21(26-15)18-6-4-16(5-7-18)13-25-22(27)20-3-2-12-28-20/h8-11,14,16,18,20H,2-7,12-13H2,1H3,(H,25,27)/t16?,18?,20-/m0/s1. The summed E-state index contributed by atoms with van der Waals surface area (Å²) >= 11 is 0. The predicted octanol–water partition coefficient (Wildman–Crippen LogP) is 3.42. The summed E-state index contributed by atoms with van der Waals surface area (Å²) in [5.41, 5.74) is 3.39. The van der Waals surface area contributed by atoms with Crippen LogP contribution in [0.1, 0.15) is 56.0 Å². The highest BCUT2D eigenvalue weighted by molar-refractivity contribution is 5.80. The maximum absolute atomic E-state index is 12.2. The Morgan fingerprint density at radius 3 is 2.68 bits per heavy atom. The topological polar surface area (TPSA) is 77.0 Å². The lowest BCUT2D eigenvalue weighted by atomic mass is 9.79. The molecule has 4 rings (SSSR count). The molecule has 2 fully saturated rings. The van der Waals surface area contributed by atoms with Crippen LogP contribution >= 0.6 is 0 Å². The van der Waals surface area contributed by atoms with Gasteiger partial charge >= 0.3 is 0 Å². The van der Waals surface area contributed by atoms with Gasteiger partial charge in [-0.1, -0.05) is 0 Å². The number of aryl methyl sites for hydroxylation is 1. The SMILES string of the molecule is Cc1ncc(-c2ccncc2)c(C2CCC(CNC(=O)[C@@H]3CCCO3)CC2)n1. The Kier molecular flexibility index (Phi) is 5.95. The van der Waals surface area contributed by atoms with E-state index in [1.165, 1.54) is 0 Å². The molecule has 0 spiro atoms. The fourth-order valence-corrected chi connectivity index (χ4v) is 4.34. The van der Waals surface area contributed by atoms with E-state index < -0.39 is 0 Å². The van der Waals surface area contributed by atoms with Gasteiger partial charge in [0.25, 0.3) is 0 Å². The number of carbonyl (C=O) groups excluding carboxylic acids is 1. The zero-order chi connectivity index (χ0) is 19.3. The van der Waals surface area contributed by atoms with Crippen molar-refractivity contribution in [1.82, 2.24) is 20.3 Å². The molecule has 2 aliphatic rings. The first kappa shape index (κ1) is 19.0. The van der Waals surface area contributed by atoms with Gasteiger partial charge in [0.2, 0.25) is 5.91 Å². The minimum Gasteiger partial charge on any atom is -0.368 e. The maximum Gasteiger partial charge on any atom is 0.249 e. The monoisotopic (exact) mass is 380 g/mol. The van der Waals surface area contributed by atoms with Crippen molar-refractivity contribution in [2.75, 3.05) is 13.2 Å². The van der Waals surface area contributed by atoms with Crippen LogP contribution in [0, 0.1) is 12.8 Å². The summed E-state index contributed by atoms with van der Waals surface area (Å²) in [6, 6.07) is 4.04. The van der Waals surface area contributed by atoms with Gasteiger partial charge < -0.3 is 10.1 Å². The average Bonchev–Trinajstić information content (AvgIpc) is 3.28. The molecule has 6 heteroatoms. The van der Waals surface area contributed by atoms with Crippen LogP contribution in [0.5, 0.6) is 0 Å². The summed E-state index contributed by atoms with van der Waals surface area (Å²) in [4.78, 5) is 25.5. The zero-order valence-electron chi connectivity index (χ0n) is 16.4. The van der Waals surface area contributed by atoms with Gasteiger partial charge in [0.15, 0.2) is 0 Å². The van der Waals surface area contributed by atoms with Gasteiger partial charge in [0.1, 0.15) is 11.9 Å². The molecule has 2 aromatic heterocycles. The van der Waals surface area contributed by atoms with E-state index in [1.54, 1.807) is 0 Å². The molecule has 3 heterocycles. The van der Waals surface area contributed by atoms with E-state index >= 15 is 0 Å². The van der Waals surface area contributed by atoms with Gasteiger partial charge in [0, 0.05) is 43.2 Å². The summed E-state index contributed by atoms with van der Waals surface area (Å²) in [5.74, 6) is 1.86. The Labute approximate surface area is 166 Å². The third-order valence-electron chi connectivity index (χ3n) is 5.95. The summed E-state index contributed by atoms with van der Waals surface area (Å²) < 4.78 is 5.47. The molecular formula is C22H28N4O2. The van der Waals surface area contributed by atoms with Crippen molar-refractivity contribution in [2.24, 2.45) is 5.92 Å². The van der Waals surface area contributed by atoms with E-state index in [1.807, 2.05) is 37.6 Å². The number of nitrogens with one attached hydrogen (secondary N) is 1. The first-order valence-corrected chi connectivity index (χ1v) is 10.3. The summed E-state index contributed by atoms with van der Waals surface area (Å²) in [5, 5.41) is 3.10. The van der Waals surface area contributed by atoms with E-state index in [0.717, 1.165) is 67.7 Å². The Morgan fingerprint density at radius 2 is 1.96 bits per heavy atom. The second-order valence-corrected chi connectivity index (χ2v) is 7.92. The van der Waals surface area contributed by atoms with Crippen LogP contribution in [-0.4, -0.2) is 40.1 Å². The van der Waals surface area contributed by atoms with Gasteiger partial charge in [-0.3, -0.25) is 9.78 Å². The quantitative estimate of drug-likeness (QED) is 0.860. The normalized spacial score (nSPS) is 24.8. The Bertz CT molecular complexity index is 797. The fraction of sp³-hybridized carbons (Fsp3) is 0.545. The molecule has 0 aromatic carbocycles. The van der Waals surface area contributed by atoms with E-state index in [-0.39, 0.29) is 12.0 Å². The molecule has 1 saturated carbocycles. The molecular weight excluding hydrogens is 352 g/mol. The lowest BCUT2D eigenvalue weighted by Gasteiger charge is -2.29. The first-order valence-electron chi connectivity index (χ1n) is 10.3. The minimum atomic E-state index is -0.233. The number of carbonyl (C=O) groups is 1. The molecule has 0 bridgehead atoms. The Hall–Kier alpha value is -2.34. The van der Waals surface area contributed by atoms with Crippen LogP contribution in [0.2, 0.25) is 0 Å². The van der Waals surface area contributed by atoms with Gasteiger partial charge in [-0.2, -0.15) is 0 Å². The predicted molar refractivity (Wildman–Crippen MR) is 107 cm³/mol. The molecule has 148 valence electrons. The molecule has 1 amide bonds. The van der Waals surface area contributed by atoms with Crippen LogP contribution in [0.15, 0.2) is 30.7 Å². The summed E-state index contributed by atoms with van der Waals surface area (Å²) in [6.45, 7) is 3.42. The molecule has 1 aliphatic carbocycles. The maximum atomic E-state index is 12.2. The number of nitrogens with zero attached hydrogens (tertiary/aromatic N) is 3. The lowest BCUT2D eigenvalue weighted by Crippen LogP contribution is -2.37. The lowest BCUT2D eigenvalue weighted by molar-refractivity contribution is -0.130. The van der Waals surface area contributed by atoms with Gasteiger partial charge in [-0.25, -0.2) is 9.97 Å². The van der Waals surface area contributed by atoms with E-state index in [2.05, 4.69) is 15.3 Å². The first-order chi connectivity index (χ1) is 13.7. The van der Waals surface area contributed by atoms with Gasteiger partial charge in [-0.05, 0) is 69.1 Å². The van der Waals surface area contributed by atoms with E-state index in [4.69, 9.17) is 9.72 Å². The highest BCUT2D eigenvalue weighted by Crippen LogP contribution is 2.38. The molecule has 28 heavy (non-hydrogen) atoms. The van der Waals surface area contributed by atoms with Gasteiger partial charge in [0.05, 0.1) is 5.69 Å². The van der Waals surface area contributed by atoms with E-state index in [9.17, 15) is 4.79 Å². The highest BCUT2D eigenvalue weighted by Gasteiger charge is 2.28. The second-order valence-electron chi connectivity index (χ2n) is 7.92. The zero-order valence-corrected chi connectivity index (χ0v) is 16.4. The van der Waals surface area contributed by atoms with Crippen molar-refractivity contribution in [1.29, 1.82) is 0 Å². The molecule has 1 saturated heterocycles. The highest BCUT2D eigenvalue weighted by atomic mass is 16.5. The molecule has 1 aliphatic heterocycles. The van der Waals surface area contributed by atoms with Crippen LogP contribution in [0.25, 0.3) is 11.1 Å². The van der Waals surface area contributed by atoms with Crippen molar-refractivity contribution in [2.45, 2.75) is 57.5 Å². The number of pyridine rings is 1. The smallest absolute Gasteiger partial charge is 0.249 e. The van der Waals surface area contributed by atoms with Gasteiger partial charge in [-0.15, -0.1) is 0 Å². The van der Waals surface area contributed by atoms with E-state index in [0.29, 0.717) is 18.4 Å². The summed E-state index contributed by atoms with van der Waals surface area (Å²) in [7, 11) is 0. The minimum absolute atomic E-state index is 0.0611. The summed E-state index contributed by atoms with van der Waals surface area (Å²) in [6.07, 6.45) is 11.6. The fourth-order valence-electron chi connectivity index (χ4n) is 4.34. The third kappa shape index (κ3) is 4.38. The number of rotatable bonds is 5. The number of hydrogen-bond donors (Lipinski definition) is 1. The van der Waals surface area contributed by atoms with Crippen LogP contribution in [0.3, 0.4) is 0 Å². The van der Waals surface area contributed by atoms with Crippen molar-refractivity contribution >= 4 is 5.91 Å². The number of hydrogen-bond acceptors (Lipinski definition) is 5. The Balaban J connectivity index is 1.37. The van der Waals surface area contributed by atoms with Crippen LogP contribution < -0.4 is 5.32 Å². The number of ether oxygens (including phenoxy) is 1. The van der Waals surface area contributed by atoms with Crippen molar-refractivity contribution < 1.29 is 9.53 Å². The molecule has 0 unspecified atom stereocenters. The van der Waals surface area contributed by atoms with Crippen molar-refractivity contribution in [3.63, 3.8) is 0 Å². The van der Waals surface area contributed by atoms with Crippen LogP contribution in [-0.2, 0) is 9.53 Å². The number of aromatic nitrogens is 3. The molecule has 6 nitrogen and oxygen atoms in total. The van der Waals surface area contributed by atoms with Crippen molar-refractivity contribution in [3.8, 4) is 11.1 Å². The average molecular weight is 380 g/mol. The van der Waals surface area contributed by atoms with Crippen LogP contribution in [0.4, 0.5) is 0 Å². The molecule has 1 N–H and O–H groups in total. The largest absolute Gasteiger partial charge is 0.368 e. The second kappa shape index (κ2) is 8.78. The molecule has 1 atom stereocenters. The molecule has 2 aromatic rings. The Morgan fingerprint density at radius 1 is 1.18 bits per heavy atom. The van der Waals surface area contributed by atoms with Crippen molar-refractivity contribution in [3.05, 3.63) is 42.2 Å². The molecule has 0 radical (unpaired) electrons.